The van der Waals surface area contributed by atoms with E-state index in [1.165, 1.54) is 5.82 Å². The highest BCUT2D eigenvalue weighted by Gasteiger charge is 2.11. The number of benzene rings is 1. The highest BCUT2D eigenvalue weighted by molar-refractivity contribution is 5.39. The molecule has 0 saturated carbocycles. The van der Waals surface area contributed by atoms with Crippen molar-refractivity contribution in [1.82, 2.24) is 4.57 Å². The molecule has 0 atom stereocenters. The zero-order valence-electron chi connectivity index (χ0n) is 9.14. The molecular formula is C12H16N3+. The Morgan fingerprint density at radius 3 is 2.67 bits per heavy atom. The lowest BCUT2D eigenvalue weighted by molar-refractivity contribution is -0.650. The number of aromatic nitrogens is 2. The number of nitrogens with one attached hydrogen (secondary N) is 1. The van der Waals surface area contributed by atoms with Crippen LogP contribution in [-0.2, 0) is 13.5 Å². The minimum Gasteiger partial charge on any atom is -0.235 e. The number of imidazole rings is 1. The Balaban J connectivity index is 2.25. The van der Waals surface area contributed by atoms with E-state index in [2.05, 4.69) is 47.0 Å². The lowest BCUT2D eigenvalue weighted by atomic mass is 10.3. The van der Waals surface area contributed by atoms with Crippen LogP contribution in [0.15, 0.2) is 42.7 Å². The van der Waals surface area contributed by atoms with Crippen LogP contribution in [0.5, 0.6) is 0 Å². The van der Waals surface area contributed by atoms with Gasteiger partial charge in [-0.15, -0.1) is 4.68 Å². The van der Waals surface area contributed by atoms with Crippen molar-refractivity contribution in [2.24, 2.45) is 7.05 Å². The summed E-state index contributed by atoms with van der Waals surface area (Å²) in [5.41, 5.74) is 4.44. The first-order valence-corrected chi connectivity index (χ1v) is 5.19. The van der Waals surface area contributed by atoms with Gasteiger partial charge >= 0.3 is 0 Å². The monoisotopic (exact) mass is 202 g/mol. The number of hydrogen-bond acceptors (Lipinski definition) is 1. The van der Waals surface area contributed by atoms with Crippen molar-refractivity contribution in [3.8, 4) is 0 Å². The zero-order chi connectivity index (χ0) is 10.7. The van der Waals surface area contributed by atoms with E-state index in [1.54, 1.807) is 0 Å². The molecule has 3 nitrogen and oxygen atoms in total. The van der Waals surface area contributed by atoms with Crippen molar-refractivity contribution in [2.75, 3.05) is 5.43 Å². The molecule has 1 aromatic carbocycles. The van der Waals surface area contributed by atoms with Gasteiger partial charge in [0.2, 0.25) is 0 Å². The fourth-order valence-electron chi connectivity index (χ4n) is 1.68. The van der Waals surface area contributed by atoms with Gasteiger partial charge in [0.15, 0.2) is 6.20 Å². The Morgan fingerprint density at radius 1 is 1.27 bits per heavy atom. The van der Waals surface area contributed by atoms with Crippen molar-refractivity contribution in [3.05, 3.63) is 48.5 Å². The minimum absolute atomic E-state index is 1.00. The maximum Gasteiger partial charge on any atom is 0.279 e. The molecule has 0 bridgehead atoms. The van der Waals surface area contributed by atoms with Gasteiger partial charge in [-0.25, -0.2) is 9.99 Å². The first kappa shape index (κ1) is 9.77. The number of nitrogens with zero attached hydrogens (tertiary/aromatic N) is 2. The molecule has 2 aromatic rings. The SMILES string of the molecule is CCc1n(C)cc[n+]1Nc1ccccc1. The van der Waals surface area contributed by atoms with Crippen molar-refractivity contribution in [1.29, 1.82) is 0 Å². The van der Waals surface area contributed by atoms with E-state index in [0.717, 1.165) is 12.1 Å². The molecule has 2 rings (SSSR count). The van der Waals surface area contributed by atoms with Crippen molar-refractivity contribution < 1.29 is 4.68 Å². The largest absolute Gasteiger partial charge is 0.279 e. The number of para-hydroxylation sites is 1. The van der Waals surface area contributed by atoms with Gasteiger partial charge in [0.1, 0.15) is 6.20 Å². The highest BCUT2D eigenvalue weighted by atomic mass is 15.4. The second-order valence-corrected chi connectivity index (χ2v) is 3.53. The Hall–Kier alpha value is -1.77. The van der Waals surface area contributed by atoms with Gasteiger partial charge < -0.3 is 0 Å². The van der Waals surface area contributed by atoms with Crippen molar-refractivity contribution in [2.45, 2.75) is 13.3 Å². The van der Waals surface area contributed by atoms with E-state index in [4.69, 9.17) is 0 Å². The van der Waals surface area contributed by atoms with E-state index >= 15 is 0 Å². The van der Waals surface area contributed by atoms with Crippen LogP contribution in [0.25, 0.3) is 0 Å². The number of aryl methyl sites for hydroxylation is 1. The molecule has 0 aliphatic rings. The summed E-state index contributed by atoms with van der Waals surface area (Å²) in [6, 6.07) is 10.2. The van der Waals surface area contributed by atoms with Crippen LogP contribution in [0.2, 0.25) is 0 Å². The third-order valence-electron chi connectivity index (χ3n) is 2.46. The molecular weight excluding hydrogens is 186 g/mol. The minimum atomic E-state index is 1.00. The van der Waals surface area contributed by atoms with Crippen LogP contribution in [0.3, 0.4) is 0 Å². The summed E-state index contributed by atoms with van der Waals surface area (Å²) >= 11 is 0. The van der Waals surface area contributed by atoms with Gasteiger partial charge in [-0.1, -0.05) is 25.1 Å². The van der Waals surface area contributed by atoms with Crippen LogP contribution < -0.4 is 10.1 Å². The van der Waals surface area contributed by atoms with Crippen LogP contribution in [-0.4, -0.2) is 4.57 Å². The summed E-state index contributed by atoms with van der Waals surface area (Å²) in [4.78, 5) is 0. The molecule has 0 spiro atoms. The summed E-state index contributed by atoms with van der Waals surface area (Å²) in [6.45, 7) is 2.15. The highest BCUT2D eigenvalue weighted by Crippen LogP contribution is 2.03. The van der Waals surface area contributed by atoms with E-state index in [9.17, 15) is 0 Å². The van der Waals surface area contributed by atoms with Gasteiger partial charge in [0.05, 0.1) is 12.7 Å². The molecule has 1 heterocycles. The van der Waals surface area contributed by atoms with Gasteiger partial charge in [-0.3, -0.25) is 0 Å². The molecule has 0 amide bonds. The van der Waals surface area contributed by atoms with Gasteiger partial charge in [-0.05, 0) is 12.1 Å². The predicted molar refractivity (Wildman–Crippen MR) is 60.4 cm³/mol. The third kappa shape index (κ3) is 2.01. The van der Waals surface area contributed by atoms with E-state index in [1.807, 2.05) is 24.4 Å². The van der Waals surface area contributed by atoms with Gasteiger partial charge in [-0.2, -0.15) is 0 Å². The topological polar surface area (TPSA) is 20.8 Å². The first-order valence-electron chi connectivity index (χ1n) is 5.19. The molecule has 0 saturated heterocycles. The molecule has 0 aliphatic heterocycles. The van der Waals surface area contributed by atoms with E-state index in [0.29, 0.717) is 0 Å². The molecule has 0 aliphatic carbocycles. The van der Waals surface area contributed by atoms with Crippen LogP contribution in [0.1, 0.15) is 12.7 Å². The van der Waals surface area contributed by atoms with Crippen LogP contribution in [0.4, 0.5) is 5.69 Å². The maximum absolute atomic E-state index is 3.34. The normalized spacial score (nSPS) is 10.3. The van der Waals surface area contributed by atoms with Crippen LogP contribution in [0, 0.1) is 0 Å². The fraction of sp³-hybridized carbons (Fsp3) is 0.250. The number of anilines is 1. The van der Waals surface area contributed by atoms with Crippen molar-refractivity contribution >= 4 is 5.69 Å². The lowest BCUT2D eigenvalue weighted by Crippen LogP contribution is -2.44. The first-order chi connectivity index (χ1) is 7.31. The quantitative estimate of drug-likeness (QED) is 0.752. The van der Waals surface area contributed by atoms with Crippen molar-refractivity contribution in [3.63, 3.8) is 0 Å². The third-order valence-corrected chi connectivity index (χ3v) is 2.46. The van der Waals surface area contributed by atoms with Crippen LogP contribution >= 0.6 is 0 Å². The molecule has 0 radical (unpaired) electrons. The predicted octanol–water partition coefficient (Wildman–Crippen LogP) is 1.75. The second kappa shape index (κ2) is 4.17. The number of hydrogen-bond donors (Lipinski definition) is 1. The van der Waals surface area contributed by atoms with E-state index < -0.39 is 0 Å². The maximum atomic E-state index is 3.34. The fourth-order valence-corrected chi connectivity index (χ4v) is 1.68. The molecule has 0 fully saturated rings. The Labute approximate surface area is 90.0 Å². The Bertz CT molecular complexity index is 431. The lowest BCUT2D eigenvalue weighted by Gasteiger charge is -2.03. The summed E-state index contributed by atoms with van der Waals surface area (Å²) < 4.78 is 4.17. The van der Waals surface area contributed by atoms with Gasteiger partial charge in [0.25, 0.3) is 5.82 Å². The zero-order valence-corrected chi connectivity index (χ0v) is 9.14. The summed E-state index contributed by atoms with van der Waals surface area (Å²) in [5.74, 6) is 1.25. The van der Waals surface area contributed by atoms with Gasteiger partial charge in [0, 0.05) is 6.42 Å². The summed E-state index contributed by atoms with van der Waals surface area (Å²) in [7, 11) is 2.06. The molecule has 0 unspecified atom stereocenters. The molecule has 15 heavy (non-hydrogen) atoms. The second-order valence-electron chi connectivity index (χ2n) is 3.53. The molecule has 1 N–H and O–H groups in total. The molecule has 1 aromatic heterocycles. The molecule has 3 heteroatoms. The summed E-state index contributed by atoms with van der Waals surface area (Å²) in [5, 5.41) is 0. The Kier molecular flexibility index (Phi) is 2.72. The average Bonchev–Trinajstić information content (AvgIpc) is 2.61. The Morgan fingerprint density at radius 2 is 2.00 bits per heavy atom. The molecule has 78 valence electrons. The average molecular weight is 202 g/mol. The number of rotatable bonds is 3. The standard InChI is InChI=1S/C12H16N3/c1-3-12-14(2)9-10-15(12)13-11-7-5-4-6-8-11/h4-10,13H,3H2,1-2H3/q+1. The van der Waals surface area contributed by atoms with E-state index in [-0.39, 0.29) is 0 Å². The smallest absolute Gasteiger partial charge is 0.235 e. The summed E-state index contributed by atoms with van der Waals surface area (Å²) in [6.07, 6.45) is 5.09.